The highest BCUT2D eigenvalue weighted by Gasteiger charge is 2.21. The van der Waals surface area contributed by atoms with E-state index in [1.807, 2.05) is 12.1 Å². The molecule has 0 saturated heterocycles. The Morgan fingerprint density at radius 2 is 2.12 bits per heavy atom. The molecule has 9 heteroatoms. The predicted molar refractivity (Wildman–Crippen MR) is 94.8 cm³/mol. The maximum absolute atomic E-state index is 12.4. The average molecular weight is 359 g/mol. The van der Waals surface area contributed by atoms with Crippen molar-refractivity contribution < 1.29 is 13.9 Å². The van der Waals surface area contributed by atoms with Gasteiger partial charge in [0.05, 0.1) is 24.3 Å². The molecule has 2 aromatic heterocycles. The molecule has 3 N–H and O–H groups in total. The highest BCUT2D eigenvalue weighted by atomic mass is 32.2. The van der Waals surface area contributed by atoms with Crippen molar-refractivity contribution in [3.63, 3.8) is 0 Å². The molecule has 0 fully saturated rings. The molecule has 0 aliphatic heterocycles. The molecule has 0 spiro atoms. The van der Waals surface area contributed by atoms with Gasteiger partial charge < -0.3 is 20.3 Å². The number of aromatic nitrogens is 3. The zero-order valence-corrected chi connectivity index (χ0v) is 14.5. The summed E-state index contributed by atoms with van der Waals surface area (Å²) in [6.45, 7) is 1.76. The zero-order chi connectivity index (χ0) is 17.8. The van der Waals surface area contributed by atoms with Gasteiger partial charge in [0.1, 0.15) is 5.75 Å². The van der Waals surface area contributed by atoms with E-state index in [4.69, 9.17) is 15.0 Å². The molecule has 2 heterocycles. The van der Waals surface area contributed by atoms with Crippen molar-refractivity contribution in [1.29, 1.82) is 0 Å². The van der Waals surface area contributed by atoms with Gasteiger partial charge in [-0.05, 0) is 31.2 Å². The molecule has 3 aromatic rings. The Morgan fingerprint density at radius 1 is 1.32 bits per heavy atom. The van der Waals surface area contributed by atoms with Crippen LogP contribution < -0.4 is 15.9 Å². The summed E-state index contributed by atoms with van der Waals surface area (Å²) in [7, 11) is 1.55. The fourth-order valence-corrected chi connectivity index (χ4v) is 2.90. The number of nitrogens with two attached hydrogens (primary N) is 1. The van der Waals surface area contributed by atoms with Gasteiger partial charge in [0.2, 0.25) is 16.9 Å². The van der Waals surface area contributed by atoms with Gasteiger partial charge >= 0.3 is 0 Å². The number of nitrogens with zero attached hydrogens (tertiary/aromatic N) is 3. The van der Waals surface area contributed by atoms with Gasteiger partial charge in [-0.3, -0.25) is 4.79 Å². The molecule has 1 atom stereocenters. The Morgan fingerprint density at radius 3 is 2.84 bits per heavy atom. The minimum absolute atomic E-state index is 0.197. The van der Waals surface area contributed by atoms with E-state index < -0.39 is 5.25 Å². The number of benzene rings is 1. The molecule has 0 bridgehead atoms. The van der Waals surface area contributed by atoms with Crippen molar-refractivity contribution in [2.75, 3.05) is 18.3 Å². The van der Waals surface area contributed by atoms with Crippen LogP contribution in [0.25, 0.3) is 11.6 Å². The number of rotatable bonds is 6. The fraction of sp³-hybridized carbons (Fsp3) is 0.188. The molecular weight excluding hydrogens is 342 g/mol. The maximum Gasteiger partial charge on any atom is 0.237 e. The molecule has 3 rings (SSSR count). The first-order valence-electron chi connectivity index (χ1n) is 7.45. The van der Waals surface area contributed by atoms with Gasteiger partial charge in [0.15, 0.2) is 5.76 Å². The van der Waals surface area contributed by atoms with Crippen LogP contribution in [-0.4, -0.2) is 33.1 Å². The number of anilines is 1. The third-order valence-electron chi connectivity index (χ3n) is 3.42. The summed E-state index contributed by atoms with van der Waals surface area (Å²) in [6, 6.07) is 10.7. The van der Waals surface area contributed by atoms with Gasteiger partial charge in [-0.15, -0.1) is 10.2 Å². The number of carbonyl (C=O) groups excluding carboxylic acids is 1. The van der Waals surface area contributed by atoms with Crippen LogP contribution in [0.15, 0.2) is 52.2 Å². The van der Waals surface area contributed by atoms with E-state index in [1.54, 1.807) is 38.3 Å². The number of hydrogen-bond donors (Lipinski definition) is 2. The topological polar surface area (TPSA) is 108 Å². The van der Waals surface area contributed by atoms with E-state index in [2.05, 4.69) is 15.5 Å². The molecule has 8 nitrogen and oxygen atoms in total. The van der Waals surface area contributed by atoms with E-state index in [0.717, 1.165) is 0 Å². The van der Waals surface area contributed by atoms with Crippen molar-refractivity contribution in [1.82, 2.24) is 14.9 Å². The number of hydrogen-bond acceptors (Lipinski definition) is 7. The van der Waals surface area contributed by atoms with Gasteiger partial charge in [-0.2, -0.15) is 0 Å². The van der Waals surface area contributed by atoms with Crippen LogP contribution >= 0.6 is 11.8 Å². The number of amides is 1. The fourth-order valence-electron chi connectivity index (χ4n) is 2.13. The van der Waals surface area contributed by atoms with Crippen LogP contribution in [0.3, 0.4) is 0 Å². The maximum atomic E-state index is 12.4. The molecular formula is C16H17N5O3S. The second-order valence-electron chi connectivity index (χ2n) is 5.10. The SMILES string of the molecule is COc1ccccc1NC(=O)[C@@H](C)Sc1nnc(-c2ccco2)n1N. The minimum Gasteiger partial charge on any atom is -0.495 e. The van der Waals surface area contributed by atoms with E-state index in [9.17, 15) is 4.79 Å². The molecule has 25 heavy (non-hydrogen) atoms. The van der Waals surface area contributed by atoms with Crippen LogP contribution in [0.1, 0.15) is 6.92 Å². The first-order chi connectivity index (χ1) is 12.1. The molecule has 130 valence electrons. The van der Waals surface area contributed by atoms with Crippen molar-refractivity contribution in [2.45, 2.75) is 17.3 Å². The number of thioether (sulfide) groups is 1. The van der Waals surface area contributed by atoms with Gasteiger partial charge in [-0.1, -0.05) is 23.9 Å². The lowest BCUT2D eigenvalue weighted by Crippen LogP contribution is -2.24. The number of ether oxygens (including phenoxy) is 1. The number of nitrogens with one attached hydrogen (secondary N) is 1. The molecule has 1 amide bonds. The quantitative estimate of drug-likeness (QED) is 0.514. The third-order valence-corrected chi connectivity index (χ3v) is 4.48. The Balaban J connectivity index is 1.70. The Kier molecular flexibility index (Phi) is 4.94. The van der Waals surface area contributed by atoms with Crippen molar-refractivity contribution >= 4 is 23.4 Å². The summed E-state index contributed by atoms with van der Waals surface area (Å²) in [5.41, 5.74) is 0.605. The van der Waals surface area contributed by atoms with Crippen LogP contribution in [0, 0.1) is 0 Å². The smallest absolute Gasteiger partial charge is 0.237 e. The van der Waals surface area contributed by atoms with Gasteiger partial charge in [0, 0.05) is 0 Å². The highest BCUT2D eigenvalue weighted by molar-refractivity contribution is 8.00. The predicted octanol–water partition coefficient (Wildman–Crippen LogP) is 2.38. The third kappa shape index (κ3) is 3.61. The second kappa shape index (κ2) is 7.31. The summed E-state index contributed by atoms with van der Waals surface area (Å²) in [5.74, 6) is 7.30. The average Bonchev–Trinajstić information content (AvgIpc) is 3.26. The summed E-state index contributed by atoms with van der Waals surface area (Å²) >= 11 is 1.20. The zero-order valence-electron chi connectivity index (χ0n) is 13.7. The Hall–Kier alpha value is -2.94. The van der Waals surface area contributed by atoms with Crippen LogP contribution in [0.2, 0.25) is 0 Å². The highest BCUT2D eigenvalue weighted by Crippen LogP contribution is 2.27. The number of carbonyl (C=O) groups is 1. The van der Waals surface area contributed by atoms with Crippen LogP contribution in [0.4, 0.5) is 5.69 Å². The summed E-state index contributed by atoms with van der Waals surface area (Å²) in [6.07, 6.45) is 1.53. The standard InChI is InChI=1S/C16H17N5O3S/c1-10(15(22)18-11-6-3-4-7-12(11)23-2)25-16-20-19-14(21(16)17)13-8-5-9-24-13/h3-10H,17H2,1-2H3,(H,18,22)/t10-/m1/s1. The van der Waals surface area contributed by atoms with Crippen LogP contribution in [-0.2, 0) is 4.79 Å². The monoisotopic (exact) mass is 359 g/mol. The van der Waals surface area contributed by atoms with E-state index in [1.165, 1.54) is 22.7 Å². The van der Waals surface area contributed by atoms with Crippen molar-refractivity contribution in [3.05, 3.63) is 42.7 Å². The van der Waals surface area contributed by atoms with Crippen LogP contribution in [0.5, 0.6) is 5.75 Å². The molecule has 1 aromatic carbocycles. The summed E-state index contributed by atoms with van der Waals surface area (Å²) < 4.78 is 11.8. The number of nitrogen functional groups attached to an aromatic ring is 1. The second-order valence-corrected chi connectivity index (χ2v) is 6.41. The molecule has 0 unspecified atom stereocenters. The Labute approximate surface area is 148 Å². The first-order valence-corrected chi connectivity index (χ1v) is 8.33. The molecule has 0 radical (unpaired) electrons. The largest absolute Gasteiger partial charge is 0.495 e. The van der Waals surface area contributed by atoms with E-state index in [0.29, 0.717) is 28.2 Å². The number of furan rings is 1. The molecule has 0 saturated carbocycles. The van der Waals surface area contributed by atoms with E-state index in [-0.39, 0.29) is 5.91 Å². The first kappa shape index (κ1) is 16.9. The van der Waals surface area contributed by atoms with Crippen molar-refractivity contribution in [2.24, 2.45) is 0 Å². The number of para-hydroxylation sites is 2. The summed E-state index contributed by atoms with van der Waals surface area (Å²) in [5, 5.41) is 10.8. The molecule has 0 aliphatic carbocycles. The molecule has 0 aliphatic rings. The van der Waals surface area contributed by atoms with Crippen molar-refractivity contribution in [3.8, 4) is 17.3 Å². The van der Waals surface area contributed by atoms with E-state index >= 15 is 0 Å². The minimum atomic E-state index is -0.444. The summed E-state index contributed by atoms with van der Waals surface area (Å²) in [4.78, 5) is 12.4. The lowest BCUT2D eigenvalue weighted by atomic mass is 10.3. The van der Waals surface area contributed by atoms with Gasteiger partial charge in [0.25, 0.3) is 0 Å². The Bertz CT molecular complexity index is 863. The lowest BCUT2D eigenvalue weighted by Gasteiger charge is -2.13. The van der Waals surface area contributed by atoms with Gasteiger partial charge in [-0.25, -0.2) is 4.68 Å². The normalized spacial score (nSPS) is 11.9. The lowest BCUT2D eigenvalue weighted by molar-refractivity contribution is -0.115. The number of methoxy groups -OCH3 is 1.